The molecule has 1 spiro atoms. The Morgan fingerprint density at radius 1 is 1.16 bits per heavy atom. The van der Waals surface area contributed by atoms with Gasteiger partial charge in [0.25, 0.3) is 0 Å². The van der Waals surface area contributed by atoms with Crippen molar-refractivity contribution in [3.63, 3.8) is 0 Å². The monoisotopic (exact) mass is 346 g/mol. The summed E-state index contributed by atoms with van der Waals surface area (Å²) >= 11 is 0. The third-order valence-corrected chi connectivity index (χ3v) is 9.84. The van der Waals surface area contributed by atoms with Crippen LogP contribution in [0, 0.1) is 40.4 Å². The van der Waals surface area contributed by atoms with Gasteiger partial charge < -0.3 is 9.84 Å². The molecule has 4 saturated carbocycles. The minimum atomic E-state index is -0.154. The first-order valence-electron chi connectivity index (χ1n) is 10.6. The lowest BCUT2D eigenvalue weighted by atomic mass is 9.44. The number of ketones is 1. The summed E-state index contributed by atoms with van der Waals surface area (Å²) in [6, 6.07) is 0. The molecule has 4 aliphatic carbocycles. The van der Waals surface area contributed by atoms with E-state index in [0.29, 0.717) is 35.6 Å². The van der Waals surface area contributed by atoms with Gasteiger partial charge in [0.15, 0.2) is 0 Å². The van der Waals surface area contributed by atoms with Gasteiger partial charge in [0.05, 0.1) is 12.2 Å². The van der Waals surface area contributed by atoms with Crippen LogP contribution in [0.4, 0.5) is 0 Å². The van der Waals surface area contributed by atoms with Gasteiger partial charge in [-0.15, -0.1) is 0 Å². The molecule has 10 atom stereocenters. The summed E-state index contributed by atoms with van der Waals surface area (Å²) in [5.74, 6) is 3.28. The number of rotatable bonds is 1. The predicted molar refractivity (Wildman–Crippen MR) is 95.9 cm³/mol. The average molecular weight is 347 g/mol. The van der Waals surface area contributed by atoms with E-state index < -0.39 is 0 Å². The van der Waals surface area contributed by atoms with Crippen LogP contribution < -0.4 is 0 Å². The Kier molecular flexibility index (Phi) is 3.28. The highest BCUT2D eigenvalue weighted by Crippen LogP contribution is 2.74. The van der Waals surface area contributed by atoms with E-state index in [9.17, 15) is 9.90 Å². The van der Waals surface area contributed by atoms with Gasteiger partial charge in [-0.2, -0.15) is 0 Å². The van der Waals surface area contributed by atoms with E-state index in [1.807, 2.05) is 6.92 Å². The van der Waals surface area contributed by atoms with Crippen molar-refractivity contribution in [2.45, 2.75) is 90.4 Å². The van der Waals surface area contributed by atoms with Gasteiger partial charge in [0, 0.05) is 11.3 Å². The largest absolute Gasteiger partial charge is 0.393 e. The predicted octanol–water partition coefficient (Wildman–Crippen LogP) is 3.97. The summed E-state index contributed by atoms with van der Waals surface area (Å²) in [4.78, 5) is 12.4. The highest BCUT2D eigenvalue weighted by atomic mass is 16.6. The second-order valence-corrected chi connectivity index (χ2v) is 10.8. The lowest BCUT2D eigenvalue weighted by Gasteiger charge is -2.59. The molecule has 5 rings (SSSR count). The molecule has 0 amide bonds. The number of ether oxygens (including phenoxy) is 1. The van der Waals surface area contributed by atoms with Crippen LogP contribution in [-0.2, 0) is 9.53 Å². The van der Waals surface area contributed by atoms with Crippen molar-refractivity contribution in [1.29, 1.82) is 0 Å². The molecule has 25 heavy (non-hydrogen) atoms. The highest BCUT2D eigenvalue weighted by Gasteiger charge is 2.76. The molecule has 0 aromatic rings. The van der Waals surface area contributed by atoms with E-state index in [1.54, 1.807) is 0 Å². The molecule has 0 unspecified atom stereocenters. The maximum absolute atomic E-state index is 12.4. The van der Waals surface area contributed by atoms with E-state index >= 15 is 0 Å². The number of aliphatic hydroxyl groups is 1. The minimum absolute atomic E-state index is 0.0724. The Labute approximate surface area is 151 Å². The molecule has 1 saturated heterocycles. The standard InChI is InChI=1S/C22H34O3/c1-12-9-17(13(2)23)20(3)7-6-16-15(19(12)20)10-18-22(25-18)8-5-14(24)11-21(16,22)4/h12,14-19,24H,5-11H2,1-4H3/t12-,14+,15-,16-,17+,18-,19+,20+,21+,22-/m1/s1. The molecule has 5 aliphatic rings. The lowest BCUT2D eigenvalue weighted by Crippen LogP contribution is -2.59. The van der Waals surface area contributed by atoms with E-state index in [2.05, 4.69) is 20.8 Å². The third-order valence-electron chi connectivity index (χ3n) is 9.84. The molecule has 0 radical (unpaired) electrons. The second kappa shape index (κ2) is 4.90. The summed E-state index contributed by atoms with van der Waals surface area (Å²) < 4.78 is 6.43. The van der Waals surface area contributed by atoms with E-state index in [1.165, 1.54) is 19.3 Å². The average Bonchev–Trinajstić information content (AvgIpc) is 3.16. The maximum Gasteiger partial charge on any atom is 0.133 e. The van der Waals surface area contributed by atoms with Crippen molar-refractivity contribution in [1.82, 2.24) is 0 Å². The zero-order chi connectivity index (χ0) is 17.8. The fraction of sp³-hybridized carbons (Fsp3) is 0.955. The van der Waals surface area contributed by atoms with E-state index in [0.717, 1.165) is 25.7 Å². The number of epoxide rings is 1. The van der Waals surface area contributed by atoms with Crippen molar-refractivity contribution >= 4 is 5.78 Å². The van der Waals surface area contributed by atoms with E-state index in [4.69, 9.17) is 4.74 Å². The Hall–Kier alpha value is -0.410. The van der Waals surface area contributed by atoms with Crippen molar-refractivity contribution in [3.05, 3.63) is 0 Å². The zero-order valence-electron chi connectivity index (χ0n) is 16.3. The smallest absolute Gasteiger partial charge is 0.133 e. The molecule has 5 fully saturated rings. The Morgan fingerprint density at radius 3 is 2.64 bits per heavy atom. The normalized spacial score (nSPS) is 62.4. The van der Waals surface area contributed by atoms with Crippen LogP contribution in [0.3, 0.4) is 0 Å². The van der Waals surface area contributed by atoms with Crippen LogP contribution in [0.1, 0.15) is 72.6 Å². The third kappa shape index (κ3) is 1.87. The zero-order valence-corrected chi connectivity index (χ0v) is 16.3. The molecule has 0 bridgehead atoms. The van der Waals surface area contributed by atoms with Crippen molar-refractivity contribution in [3.8, 4) is 0 Å². The molecule has 3 nitrogen and oxygen atoms in total. The van der Waals surface area contributed by atoms with E-state index in [-0.39, 0.29) is 28.5 Å². The number of Topliss-reactive ketones (excluding diaryl/α,β-unsaturated/α-hetero) is 1. The Bertz CT molecular complexity index is 616. The minimum Gasteiger partial charge on any atom is -0.393 e. The lowest BCUT2D eigenvalue weighted by molar-refractivity contribution is -0.136. The van der Waals surface area contributed by atoms with Crippen molar-refractivity contribution < 1.29 is 14.6 Å². The molecular weight excluding hydrogens is 312 g/mol. The fourth-order valence-corrected chi connectivity index (χ4v) is 8.91. The summed E-state index contributed by atoms with van der Waals surface area (Å²) in [5, 5.41) is 10.4. The van der Waals surface area contributed by atoms with Crippen LogP contribution in [-0.4, -0.2) is 28.7 Å². The number of carbonyl (C=O) groups is 1. The molecule has 1 heterocycles. The first-order valence-corrected chi connectivity index (χ1v) is 10.6. The first-order chi connectivity index (χ1) is 11.7. The SMILES string of the molecule is CC(=O)[C@@H]1C[C@@H](C)[C@H]2[C@@H]3C[C@H]4O[C@]45CC[C@H](O)C[C@@]5(C)[C@@H]3CC[C@]21C. The number of aliphatic hydroxyl groups excluding tert-OH is 1. The number of hydrogen-bond donors (Lipinski definition) is 1. The van der Waals surface area contributed by atoms with Gasteiger partial charge in [-0.25, -0.2) is 0 Å². The molecule has 1 aliphatic heterocycles. The van der Waals surface area contributed by atoms with Crippen LogP contribution in [0.2, 0.25) is 0 Å². The molecule has 0 aromatic carbocycles. The van der Waals surface area contributed by atoms with Crippen LogP contribution in [0.15, 0.2) is 0 Å². The van der Waals surface area contributed by atoms with Crippen LogP contribution >= 0.6 is 0 Å². The van der Waals surface area contributed by atoms with Gasteiger partial charge >= 0.3 is 0 Å². The van der Waals surface area contributed by atoms with Crippen molar-refractivity contribution in [2.75, 3.05) is 0 Å². The number of hydrogen-bond acceptors (Lipinski definition) is 3. The molecule has 140 valence electrons. The van der Waals surface area contributed by atoms with Crippen LogP contribution in [0.5, 0.6) is 0 Å². The molecular formula is C22H34O3. The first kappa shape index (κ1) is 16.7. The Balaban J connectivity index is 1.53. The summed E-state index contributed by atoms with van der Waals surface area (Å²) in [5.41, 5.74) is 0.390. The summed E-state index contributed by atoms with van der Waals surface area (Å²) in [6.07, 6.45) is 7.81. The Morgan fingerprint density at radius 2 is 1.92 bits per heavy atom. The van der Waals surface area contributed by atoms with Gasteiger partial charge in [0.2, 0.25) is 0 Å². The van der Waals surface area contributed by atoms with Gasteiger partial charge in [-0.05, 0) is 81.0 Å². The van der Waals surface area contributed by atoms with Gasteiger partial charge in [0.1, 0.15) is 11.4 Å². The van der Waals surface area contributed by atoms with Gasteiger partial charge in [-0.1, -0.05) is 20.8 Å². The highest BCUT2D eigenvalue weighted by molar-refractivity contribution is 5.79. The molecule has 1 N–H and O–H groups in total. The fourth-order valence-electron chi connectivity index (χ4n) is 8.91. The molecule has 3 heteroatoms. The summed E-state index contributed by atoms with van der Waals surface area (Å²) in [6.45, 7) is 9.04. The number of carbonyl (C=O) groups excluding carboxylic acids is 1. The molecule has 0 aromatic heterocycles. The number of fused-ring (bicyclic) bond motifs is 4. The summed E-state index contributed by atoms with van der Waals surface area (Å²) in [7, 11) is 0. The van der Waals surface area contributed by atoms with Crippen molar-refractivity contribution in [2.24, 2.45) is 40.4 Å². The maximum atomic E-state index is 12.4. The second-order valence-electron chi connectivity index (χ2n) is 10.8. The quantitative estimate of drug-likeness (QED) is 0.731. The van der Waals surface area contributed by atoms with Crippen LogP contribution in [0.25, 0.3) is 0 Å². The van der Waals surface area contributed by atoms with Gasteiger partial charge in [-0.3, -0.25) is 4.79 Å². The topological polar surface area (TPSA) is 49.8 Å².